The molecule has 0 amide bonds. The van der Waals surface area contributed by atoms with Gasteiger partial charge in [0.1, 0.15) is 16.7 Å². The summed E-state index contributed by atoms with van der Waals surface area (Å²) in [7, 11) is -3.64. The highest BCUT2D eigenvalue weighted by atomic mass is 32.2. The van der Waals surface area contributed by atoms with Crippen molar-refractivity contribution in [3.63, 3.8) is 0 Å². The summed E-state index contributed by atoms with van der Waals surface area (Å²) in [6.45, 7) is 3.95. The average molecular weight is 338 g/mol. The van der Waals surface area contributed by atoms with Crippen LogP contribution in [0, 0.1) is 13.8 Å². The molecule has 0 radical (unpaired) electrons. The van der Waals surface area contributed by atoms with Crippen molar-refractivity contribution in [2.75, 3.05) is 13.1 Å². The lowest BCUT2D eigenvalue weighted by Gasteiger charge is -2.31. The fourth-order valence-corrected chi connectivity index (χ4v) is 4.51. The Morgan fingerprint density at radius 1 is 1.35 bits per heavy atom. The molecule has 1 aliphatic heterocycles. The number of nitrogens with zero attached hydrogens (tertiary/aromatic N) is 4. The molecule has 0 aliphatic carbocycles. The van der Waals surface area contributed by atoms with E-state index in [4.69, 9.17) is 9.26 Å². The molecule has 9 heteroatoms. The Morgan fingerprint density at radius 3 is 2.83 bits per heavy atom. The number of hydrogen-bond donors (Lipinski definition) is 0. The number of piperidine rings is 1. The van der Waals surface area contributed by atoms with E-state index < -0.39 is 10.0 Å². The molecular weight excluding hydrogens is 320 g/mol. The normalized spacial score (nSPS) is 19.7. The second kappa shape index (κ2) is 6.25. The zero-order chi connectivity index (χ0) is 16.4. The molecule has 8 nitrogen and oxygen atoms in total. The van der Waals surface area contributed by atoms with Crippen molar-refractivity contribution in [3.05, 3.63) is 30.0 Å². The first-order chi connectivity index (χ1) is 11.0. The van der Waals surface area contributed by atoms with Gasteiger partial charge in [0.05, 0.1) is 12.7 Å². The number of sulfonamides is 1. The third-order valence-corrected chi connectivity index (χ3v) is 5.84. The second-order valence-corrected chi connectivity index (χ2v) is 7.32. The van der Waals surface area contributed by atoms with Crippen LogP contribution in [0.3, 0.4) is 0 Å². The van der Waals surface area contributed by atoms with Crippen LogP contribution < -0.4 is 4.74 Å². The predicted octanol–water partition coefficient (Wildman–Crippen LogP) is 1.31. The molecule has 1 atom stereocenters. The monoisotopic (exact) mass is 338 g/mol. The van der Waals surface area contributed by atoms with Crippen molar-refractivity contribution in [2.24, 2.45) is 0 Å². The van der Waals surface area contributed by atoms with Crippen molar-refractivity contribution in [3.8, 4) is 5.88 Å². The number of rotatable bonds is 4. The molecule has 1 aliphatic rings. The van der Waals surface area contributed by atoms with E-state index in [9.17, 15) is 8.42 Å². The summed E-state index contributed by atoms with van der Waals surface area (Å²) < 4.78 is 37.8. The van der Waals surface area contributed by atoms with E-state index in [1.54, 1.807) is 20.0 Å². The fraction of sp³-hybridized carbons (Fsp3) is 0.500. The molecule has 1 fully saturated rings. The fourth-order valence-electron chi connectivity index (χ4n) is 2.71. The first-order valence-electron chi connectivity index (χ1n) is 7.34. The lowest BCUT2D eigenvalue weighted by atomic mass is 10.1. The van der Waals surface area contributed by atoms with E-state index in [2.05, 4.69) is 15.1 Å². The highest BCUT2D eigenvalue weighted by molar-refractivity contribution is 7.89. The maximum atomic E-state index is 12.8. The van der Waals surface area contributed by atoms with Crippen molar-refractivity contribution >= 4 is 10.0 Å². The van der Waals surface area contributed by atoms with E-state index >= 15 is 0 Å². The largest absolute Gasteiger partial charge is 0.472 e. The zero-order valence-corrected chi connectivity index (χ0v) is 13.8. The quantitative estimate of drug-likeness (QED) is 0.829. The zero-order valence-electron chi connectivity index (χ0n) is 13.0. The topological polar surface area (TPSA) is 98.4 Å². The highest BCUT2D eigenvalue weighted by Crippen LogP contribution is 2.26. The van der Waals surface area contributed by atoms with Gasteiger partial charge in [0.15, 0.2) is 5.76 Å². The van der Waals surface area contributed by atoms with Gasteiger partial charge < -0.3 is 9.26 Å². The van der Waals surface area contributed by atoms with Crippen molar-refractivity contribution in [2.45, 2.75) is 37.7 Å². The Hall–Kier alpha value is -2.00. The minimum Gasteiger partial charge on any atom is -0.472 e. The summed E-state index contributed by atoms with van der Waals surface area (Å²) in [6, 6.07) is 0. The lowest BCUT2D eigenvalue weighted by Crippen LogP contribution is -2.44. The van der Waals surface area contributed by atoms with Gasteiger partial charge in [-0.05, 0) is 26.7 Å². The molecule has 0 spiro atoms. The first-order valence-corrected chi connectivity index (χ1v) is 8.78. The molecule has 0 N–H and O–H groups in total. The Morgan fingerprint density at radius 2 is 2.17 bits per heavy atom. The average Bonchev–Trinajstić information content (AvgIpc) is 2.88. The van der Waals surface area contributed by atoms with Gasteiger partial charge in [0.25, 0.3) is 0 Å². The van der Waals surface area contributed by atoms with Crippen LogP contribution in [0.4, 0.5) is 0 Å². The van der Waals surface area contributed by atoms with E-state index in [0.717, 1.165) is 6.42 Å². The van der Waals surface area contributed by atoms with Crippen LogP contribution in [-0.4, -0.2) is 47.0 Å². The summed E-state index contributed by atoms with van der Waals surface area (Å²) in [6.07, 6.45) is 5.84. The van der Waals surface area contributed by atoms with Crippen LogP contribution in [0.1, 0.15) is 24.3 Å². The van der Waals surface area contributed by atoms with Gasteiger partial charge in [0.2, 0.25) is 15.9 Å². The van der Waals surface area contributed by atoms with Crippen molar-refractivity contribution in [1.29, 1.82) is 0 Å². The third-order valence-electron chi connectivity index (χ3n) is 3.73. The highest BCUT2D eigenvalue weighted by Gasteiger charge is 2.35. The lowest BCUT2D eigenvalue weighted by molar-refractivity contribution is 0.124. The van der Waals surface area contributed by atoms with Crippen molar-refractivity contribution < 1.29 is 17.7 Å². The second-order valence-electron chi connectivity index (χ2n) is 5.44. The third kappa shape index (κ3) is 3.20. The standard InChI is InChI=1S/C14H18N4O4S/c1-10-14(11(2)22-17-10)23(19,20)18-7-3-4-12(9-18)21-13-8-15-5-6-16-13/h5-6,8,12H,3-4,7,9H2,1-2H3/t12-/m1/s1. The van der Waals surface area contributed by atoms with Gasteiger partial charge >= 0.3 is 0 Å². The van der Waals surface area contributed by atoms with Gasteiger partial charge in [-0.3, -0.25) is 4.98 Å². The van der Waals surface area contributed by atoms with Gasteiger partial charge in [0, 0.05) is 18.9 Å². The molecule has 0 saturated carbocycles. The summed E-state index contributed by atoms with van der Waals surface area (Å²) in [5.74, 6) is 0.702. The van der Waals surface area contributed by atoms with Crippen molar-refractivity contribution in [1.82, 2.24) is 19.4 Å². The summed E-state index contributed by atoms with van der Waals surface area (Å²) in [5, 5.41) is 3.73. The Balaban J connectivity index is 1.78. The number of hydrogen-bond acceptors (Lipinski definition) is 7. The van der Waals surface area contributed by atoms with Crippen LogP contribution in [0.25, 0.3) is 0 Å². The van der Waals surface area contributed by atoms with Crippen LogP contribution >= 0.6 is 0 Å². The van der Waals surface area contributed by atoms with Crippen LogP contribution in [-0.2, 0) is 10.0 Å². The van der Waals surface area contributed by atoms with Gasteiger partial charge in [-0.2, -0.15) is 4.31 Å². The summed E-state index contributed by atoms with van der Waals surface area (Å²) in [4.78, 5) is 8.15. The maximum Gasteiger partial charge on any atom is 0.248 e. The first kappa shape index (κ1) is 15.9. The molecule has 0 unspecified atom stereocenters. The Labute approximate surface area is 134 Å². The van der Waals surface area contributed by atoms with Gasteiger partial charge in [-0.15, -0.1) is 0 Å². The number of aromatic nitrogens is 3. The summed E-state index contributed by atoms with van der Waals surface area (Å²) >= 11 is 0. The molecule has 0 bridgehead atoms. The number of aryl methyl sites for hydroxylation is 2. The van der Waals surface area contributed by atoms with Gasteiger partial charge in [-0.1, -0.05) is 5.16 Å². The SMILES string of the molecule is Cc1noc(C)c1S(=O)(=O)N1CCC[C@@H](Oc2cnccn2)C1. The van der Waals surface area contributed by atoms with E-state index in [1.165, 1.54) is 16.7 Å². The Kier molecular flexibility index (Phi) is 4.31. The molecule has 124 valence electrons. The smallest absolute Gasteiger partial charge is 0.248 e. The minimum absolute atomic E-state index is 0.151. The van der Waals surface area contributed by atoms with Crippen LogP contribution in [0.2, 0.25) is 0 Å². The molecule has 2 aromatic rings. The Bertz CT molecular complexity index is 756. The number of ether oxygens (including phenoxy) is 1. The van der Waals surface area contributed by atoms with Crippen LogP contribution in [0.15, 0.2) is 28.0 Å². The molecule has 3 rings (SSSR count). The minimum atomic E-state index is -3.64. The molecule has 2 aromatic heterocycles. The van der Waals surface area contributed by atoms with Gasteiger partial charge in [-0.25, -0.2) is 13.4 Å². The molecule has 23 heavy (non-hydrogen) atoms. The molecular formula is C14H18N4O4S. The van der Waals surface area contributed by atoms with E-state index in [0.29, 0.717) is 30.3 Å². The summed E-state index contributed by atoms with van der Waals surface area (Å²) in [5.41, 5.74) is 0.375. The molecule has 1 saturated heterocycles. The molecule has 0 aromatic carbocycles. The molecule has 3 heterocycles. The van der Waals surface area contributed by atoms with E-state index in [-0.39, 0.29) is 17.5 Å². The van der Waals surface area contributed by atoms with E-state index in [1.807, 2.05) is 0 Å². The van der Waals surface area contributed by atoms with Crippen LogP contribution in [0.5, 0.6) is 5.88 Å². The maximum absolute atomic E-state index is 12.8. The predicted molar refractivity (Wildman–Crippen MR) is 80.4 cm³/mol.